The number of aromatic nitrogens is 4. The first-order valence-corrected chi connectivity index (χ1v) is 13.5. The van der Waals surface area contributed by atoms with Gasteiger partial charge in [0.2, 0.25) is 0 Å². The van der Waals surface area contributed by atoms with Crippen LogP contribution >= 0.6 is 0 Å². The zero-order valence-electron chi connectivity index (χ0n) is 23.3. The van der Waals surface area contributed by atoms with Gasteiger partial charge >= 0.3 is 0 Å². The second-order valence-electron chi connectivity index (χ2n) is 10.6. The number of nitrogens with two attached hydrogens (primary N) is 2. The zero-order chi connectivity index (χ0) is 29.1. The maximum Gasteiger partial charge on any atom is 0.277 e. The van der Waals surface area contributed by atoms with E-state index >= 15 is 0 Å². The normalized spacial score (nSPS) is 15.8. The highest BCUT2D eigenvalue weighted by atomic mass is 19.1. The molecule has 5 rings (SSSR count). The van der Waals surface area contributed by atoms with Gasteiger partial charge in [-0.05, 0) is 24.5 Å². The lowest BCUT2D eigenvalue weighted by Crippen LogP contribution is -2.48. The number of rotatable bonds is 8. The summed E-state index contributed by atoms with van der Waals surface area (Å²) in [7, 11) is 3.49. The van der Waals surface area contributed by atoms with Crippen LogP contribution in [-0.4, -0.2) is 60.6 Å². The quantitative estimate of drug-likeness (QED) is 0.282. The van der Waals surface area contributed by atoms with Gasteiger partial charge in [0.15, 0.2) is 0 Å². The number of anilines is 1. The predicted molar refractivity (Wildman–Crippen MR) is 157 cm³/mol. The van der Waals surface area contributed by atoms with Crippen LogP contribution in [-0.2, 0) is 26.7 Å². The fourth-order valence-corrected chi connectivity index (χ4v) is 5.28. The summed E-state index contributed by atoms with van der Waals surface area (Å²) in [5, 5.41) is 11.3. The molecule has 3 heterocycles. The van der Waals surface area contributed by atoms with Crippen molar-refractivity contribution < 1.29 is 9.50 Å². The zero-order valence-corrected chi connectivity index (χ0v) is 23.3. The number of benzene rings is 2. The summed E-state index contributed by atoms with van der Waals surface area (Å²) in [5.74, 6) is 0.418. The van der Waals surface area contributed by atoms with E-state index in [4.69, 9.17) is 11.5 Å². The van der Waals surface area contributed by atoms with Crippen LogP contribution in [0.1, 0.15) is 35.2 Å². The maximum absolute atomic E-state index is 14.9. The van der Waals surface area contributed by atoms with Crippen molar-refractivity contribution in [1.82, 2.24) is 24.0 Å². The number of piperidine rings is 1. The van der Waals surface area contributed by atoms with E-state index in [0.29, 0.717) is 61.8 Å². The fourth-order valence-electron chi connectivity index (χ4n) is 5.28. The molecule has 41 heavy (non-hydrogen) atoms. The molecule has 0 amide bonds. The van der Waals surface area contributed by atoms with E-state index in [9.17, 15) is 14.3 Å². The molecule has 10 nitrogen and oxygen atoms in total. The molecule has 4 aromatic rings. The van der Waals surface area contributed by atoms with Crippen molar-refractivity contribution >= 4 is 11.4 Å². The van der Waals surface area contributed by atoms with Crippen LogP contribution in [0.5, 0.6) is 0 Å². The van der Waals surface area contributed by atoms with Gasteiger partial charge in [-0.1, -0.05) is 36.4 Å². The van der Waals surface area contributed by atoms with Gasteiger partial charge in [0, 0.05) is 69.4 Å². The molecule has 214 valence electrons. The van der Waals surface area contributed by atoms with Gasteiger partial charge in [0.25, 0.3) is 5.56 Å². The second kappa shape index (κ2) is 11.7. The molecular formula is C30H35FN8O2. The summed E-state index contributed by atoms with van der Waals surface area (Å²) in [6, 6.07) is 12.7. The van der Waals surface area contributed by atoms with Gasteiger partial charge in [0.05, 0.1) is 24.2 Å². The minimum absolute atomic E-state index is 0.0264. The number of aliphatic imine (C=N–C) groups is 1. The summed E-state index contributed by atoms with van der Waals surface area (Å²) < 4.78 is 18.1. The topological polar surface area (TPSA) is 141 Å². The fraction of sp³-hybridized carbons (Fsp3) is 0.333. The first kappa shape index (κ1) is 28.3. The first-order chi connectivity index (χ1) is 19.7. The molecule has 5 N–H and O–H groups in total. The molecule has 0 aliphatic carbocycles. The number of hydrogen-bond donors (Lipinski definition) is 3. The van der Waals surface area contributed by atoms with Crippen LogP contribution in [0.3, 0.4) is 0 Å². The smallest absolute Gasteiger partial charge is 0.277 e. The van der Waals surface area contributed by atoms with Gasteiger partial charge in [-0.2, -0.15) is 0 Å². The lowest BCUT2D eigenvalue weighted by Gasteiger charge is -2.38. The Morgan fingerprint density at radius 1 is 1.15 bits per heavy atom. The molecule has 11 heteroatoms. The summed E-state index contributed by atoms with van der Waals surface area (Å²) in [6.45, 7) is 2.02. The highest BCUT2D eigenvalue weighted by Gasteiger charge is 2.33. The monoisotopic (exact) mass is 558 g/mol. The molecule has 0 saturated carbocycles. The highest BCUT2D eigenvalue weighted by Crippen LogP contribution is 2.27. The van der Waals surface area contributed by atoms with Crippen molar-refractivity contribution in [2.45, 2.75) is 38.1 Å². The molecule has 1 saturated heterocycles. The second-order valence-corrected chi connectivity index (χ2v) is 10.6. The van der Waals surface area contributed by atoms with Crippen molar-refractivity contribution in [2.75, 3.05) is 25.9 Å². The third-order valence-electron chi connectivity index (χ3n) is 7.76. The van der Waals surface area contributed by atoms with Gasteiger partial charge in [-0.15, -0.1) is 0 Å². The Labute approximate surface area is 237 Å². The number of halogens is 1. The lowest BCUT2D eigenvalue weighted by molar-refractivity contribution is -0.0366. The van der Waals surface area contributed by atoms with Crippen molar-refractivity contribution in [1.29, 1.82) is 0 Å². The molecule has 0 radical (unpaired) electrons. The summed E-state index contributed by atoms with van der Waals surface area (Å²) in [5.41, 5.74) is 14.2. The average Bonchev–Trinajstić information content (AvgIpc) is 3.41. The van der Waals surface area contributed by atoms with Crippen molar-refractivity contribution in [2.24, 2.45) is 17.8 Å². The molecule has 2 aromatic carbocycles. The maximum atomic E-state index is 14.9. The molecule has 0 atom stereocenters. The number of aliphatic hydroxyl groups is 1. The predicted octanol–water partition coefficient (Wildman–Crippen LogP) is 2.32. The minimum atomic E-state index is -1.11. The van der Waals surface area contributed by atoms with Crippen LogP contribution < -0.4 is 17.0 Å². The summed E-state index contributed by atoms with van der Waals surface area (Å²) in [4.78, 5) is 28.4. The molecule has 0 unspecified atom stereocenters. The number of nitrogens with zero attached hydrogens (tertiary/aromatic N) is 6. The molecule has 0 spiro atoms. The summed E-state index contributed by atoms with van der Waals surface area (Å²) in [6.07, 6.45) is 5.76. The number of nitrogen functional groups attached to an aromatic ring is 1. The number of likely N-dealkylation sites (tertiary alicyclic amines) is 1. The first-order valence-electron chi connectivity index (χ1n) is 13.5. The van der Waals surface area contributed by atoms with Crippen LogP contribution in [0.25, 0.3) is 11.4 Å². The number of imidazole rings is 1. The van der Waals surface area contributed by atoms with Gasteiger partial charge in [-0.25, -0.2) is 14.4 Å². The van der Waals surface area contributed by atoms with Crippen molar-refractivity contribution in [3.63, 3.8) is 0 Å². The Hall–Kier alpha value is -4.19. The Bertz CT molecular complexity index is 1620. The summed E-state index contributed by atoms with van der Waals surface area (Å²) >= 11 is 0. The third kappa shape index (κ3) is 5.97. The van der Waals surface area contributed by atoms with E-state index in [1.165, 1.54) is 17.0 Å². The molecule has 0 bridgehead atoms. The van der Waals surface area contributed by atoms with E-state index in [0.717, 1.165) is 16.7 Å². The number of aryl methyl sites for hydroxylation is 1. The van der Waals surface area contributed by atoms with Gasteiger partial charge < -0.3 is 21.1 Å². The molecule has 1 fully saturated rings. The molecular weight excluding hydrogens is 523 g/mol. The van der Waals surface area contributed by atoms with Crippen LogP contribution in [0.2, 0.25) is 0 Å². The Balaban J connectivity index is 1.24. The third-order valence-corrected chi connectivity index (χ3v) is 7.76. The Kier molecular flexibility index (Phi) is 8.11. The van der Waals surface area contributed by atoms with E-state index in [2.05, 4.69) is 19.9 Å². The molecule has 1 aliphatic rings. The van der Waals surface area contributed by atoms with Crippen LogP contribution in [0.15, 0.2) is 71.0 Å². The van der Waals surface area contributed by atoms with E-state index in [1.54, 1.807) is 19.3 Å². The minimum Gasteiger partial charge on any atom is -0.392 e. The van der Waals surface area contributed by atoms with Crippen LogP contribution in [0.4, 0.5) is 10.1 Å². The lowest BCUT2D eigenvalue weighted by atomic mass is 9.91. The number of hydrogen-bond acceptors (Lipinski definition) is 8. The standard InChI is InChI=1S/C30H35FN8O2/c1-34-26(21-5-3-20(16-32)4-6-21)27-25(33)29(40)39(19-36-27)18-30(41)9-12-38(13-10-30)17-23-8-7-22(15-24(23)31)28-35-11-14-37(28)2/h3-8,11,14-15,19,41H,9-10,12-13,16-18,32-33H2,1-2H3. The molecule has 2 aromatic heterocycles. The average molecular weight is 559 g/mol. The van der Waals surface area contributed by atoms with E-state index < -0.39 is 11.2 Å². The van der Waals surface area contributed by atoms with E-state index in [1.807, 2.05) is 48.1 Å². The van der Waals surface area contributed by atoms with Crippen molar-refractivity contribution in [3.05, 3.63) is 99.7 Å². The van der Waals surface area contributed by atoms with Crippen LogP contribution in [0, 0.1) is 5.82 Å². The largest absolute Gasteiger partial charge is 0.392 e. The Morgan fingerprint density at radius 3 is 2.49 bits per heavy atom. The molecule has 1 aliphatic heterocycles. The van der Waals surface area contributed by atoms with E-state index in [-0.39, 0.29) is 18.0 Å². The highest BCUT2D eigenvalue weighted by molar-refractivity contribution is 6.14. The Morgan fingerprint density at radius 2 is 1.88 bits per heavy atom. The van der Waals surface area contributed by atoms with Gasteiger partial charge in [0.1, 0.15) is 23.0 Å². The SMILES string of the molecule is CN=C(c1ccc(CN)cc1)c1ncn(CC2(O)CCN(Cc3ccc(-c4nccn4C)cc3F)CC2)c(=O)c1N. The van der Waals surface area contributed by atoms with Crippen molar-refractivity contribution in [3.8, 4) is 11.4 Å². The van der Waals surface area contributed by atoms with Gasteiger partial charge in [-0.3, -0.25) is 19.3 Å².